The van der Waals surface area contributed by atoms with Crippen molar-refractivity contribution >= 4 is 0 Å². The Labute approximate surface area is 227 Å². The van der Waals surface area contributed by atoms with Crippen molar-refractivity contribution in [2.75, 3.05) is 13.2 Å². The molecule has 0 saturated carbocycles. The van der Waals surface area contributed by atoms with Gasteiger partial charge in [0, 0.05) is 12.6 Å². The molecule has 39 heavy (non-hydrogen) atoms. The summed E-state index contributed by atoms with van der Waals surface area (Å²) >= 11 is 0. The maximum absolute atomic E-state index is 12.5. The molecule has 0 saturated heterocycles. The van der Waals surface area contributed by atoms with Crippen molar-refractivity contribution < 1.29 is 17.9 Å². The molecule has 0 fully saturated rings. The molecule has 0 amide bonds. The molecule has 2 N–H and O–H groups in total. The summed E-state index contributed by atoms with van der Waals surface area (Å²) in [6.45, 7) is 3.60. The van der Waals surface area contributed by atoms with E-state index >= 15 is 0 Å². The molecular formula is C33H30F3N2O. The van der Waals surface area contributed by atoms with Gasteiger partial charge in [-0.3, -0.25) is 0 Å². The van der Waals surface area contributed by atoms with Crippen LogP contribution in [0.3, 0.4) is 0 Å². The van der Waals surface area contributed by atoms with E-state index in [0.717, 1.165) is 36.1 Å². The molecule has 1 unspecified atom stereocenters. The highest BCUT2D eigenvalue weighted by molar-refractivity contribution is 5.70. The molecule has 2 atom stereocenters. The summed E-state index contributed by atoms with van der Waals surface area (Å²) in [4.78, 5) is 0. The van der Waals surface area contributed by atoms with E-state index in [4.69, 9.17) is 4.74 Å². The molecule has 3 nitrogen and oxygen atoms in total. The third-order valence-corrected chi connectivity index (χ3v) is 7.70. The Morgan fingerprint density at radius 1 is 0.872 bits per heavy atom. The minimum atomic E-state index is -4.35. The lowest BCUT2D eigenvalue weighted by Gasteiger charge is -2.29. The number of halogens is 3. The van der Waals surface area contributed by atoms with Crippen LogP contribution < -0.4 is 15.4 Å². The van der Waals surface area contributed by atoms with Crippen LogP contribution in [-0.2, 0) is 12.8 Å². The highest BCUT2D eigenvalue weighted by Gasteiger charge is 2.28. The number of fused-ring (bicyclic) bond motifs is 2. The predicted octanol–water partition coefficient (Wildman–Crippen LogP) is 7.24. The summed E-state index contributed by atoms with van der Waals surface area (Å²) in [6.07, 6.45) is -2.47. The number of hydrogen-bond acceptors (Lipinski definition) is 3. The quantitative estimate of drug-likeness (QED) is 0.287. The van der Waals surface area contributed by atoms with Crippen molar-refractivity contribution in [2.24, 2.45) is 0 Å². The first-order chi connectivity index (χ1) is 18.8. The third-order valence-electron chi connectivity index (χ3n) is 7.70. The fourth-order valence-corrected chi connectivity index (χ4v) is 5.71. The van der Waals surface area contributed by atoms with Crippen molar-refractivity contribution in [2.45, 2.75) is 38.0 Å². The molecule has 0 aliphatic carbocycles. The Kier molecular flexibility index (Phi) is 6.92. The smallest absolute Gasteiger partial charge is 0.422 e. The first-order valence-corrected chi connectivity index (χ1v) is 13.3. The molecule has 0 spiro atoms. The van der Waals surface area contributed by atoms with Gasteiger partial charge >= 0.3 is 6.18 Å². The molecule has 2 aliphatic rings. The van der Waals surface area contributed by atoms with Crippen LogP contribution in [0.4, 0.5) is 13.2 Å². The summed E-state index contributed by atoms with van der Waals surface area (Å²) in [7, 11) is 0. The van der Waals surface area contributed by atoms with E-state index < -0.39 is 12.8 Å². The molecule has 0 bridgehead atoms. The van der Waals surface area contributed by atoms with Crippen molar-refractivity contribution in [1.82, 2.24) is 10.6 Å². The maximum Gasteiger partial charge on any atom is 0.422 e. The van der Waals surface area contributed by atoms with Crippen molar-refractivity contribution in [3.05, 3.63) is 130 Å². The lowest BCUT2D eigenvalue weighted by Crippen LogP contribution is -2.30. The van der Waals surface area contributed by atoms with Gasteiger partial charge in [0.15, 0.2) is 6.61 Å². The van der Waals surface area contributed by atoms with Gasteiger partial charge in [-0.05, 0) is 82.0 Å². The number of benzene rings is 4. The molecule has 199 valence electrons. The highest BCUT2D eigenvalue weighted by atomic mass is 19.4. The average molecular weight is 528 g/mol. The summed E-state index contributed by atoms with van der Waals surface area (Å²) in [5.41, 5.74) is 10.6. The van der Waals surface area contributed by atoms with Crippen LogP contribution in [0.5, 0.6) is 5.75 Å². The zero-order chi connectivity index (χ0) is 27.0. The molecule has 4 aromatic rings. The minimum Gasteiger partial charge on any atom is -0.484 e. The monoisotopic (exact) mass is 527 g/mol. The molecule has 6 rings (SSSR count). The van der Waals surface area contributed by atoms with Gasteiger partial charge in [-0.25, -0.2) is 0 Å². The number of hydrogen-bond donors (Lipinski definition) is 2. The minimum absolute atomic E-state index is 0.114. The number of aryl methyl sites for hydroxylation is 1. The molecule has 2 aliphatic heterocycles. The Morgan fingerprint density at radius 2 is 1.67 bits per heavy atom. The van der Waals surface area contributed by atoms with E-state index in [-0.39, 0.29) is 17.8 Å². The fourth-order valence-electron chi connectivity index (χ4n) is 5.71. The first-order valence-electron chi connectivity index (χ1n) is 13.3. The Bertz CT molecular complexity index is 1480. The van der Waals surface area contributed by atoms with E-state index in [1.54, 1.807) is 12.1 Å². The molecule has 2 heterocycles. The van der Waals surface area contributed by atoms with Crippen LogP contribution in [-0.4, -0.2) is 19.3 Å². The normalized spacial score (nSPS) is 18.8. The van der Waals surface area contributed by atoms with E-state index in [1.807, 2.05) is 13.0 Å². The SMILES string of the molecule is Cc1cc(OCC(F)(F)F)ccc1-c1ccc2c(c1)CCNC2c1ccc([C@H]2Cc3ccccc3[CH]N2)cc1. The van der Waals surface area contributed by atoms with E-state index in [9.17, 15) is 13.2 Å². The second kappa shape index (κ2) is 10.5. The van der Waals surface area contributed by atoms with Crippen LogP contribution in [0.15, 0.2) is 84.9 Å². The number of nitrogens with one attached hydrogen (secondary N) is 2. The molecule has 4 aromatic carbocycles. The van der Waals surface area contributed by atoms with Crippen molar-refractivity contribution in [3.8, 4) is 16.9 Å². The summed E-state index contributed by atoms with van der Waals surface area (Å²) < 4.78 is 42.5. The Balaban J connectivity index is 1.19. The van der Waals surface area contributed by atoms with Gasteiger partial charge in [-0.1, -0.05) is 72.8 Å². The highest BCUT2D eigenvalue weighted by Crippen LogP contribution is 2.35. The van der Waals surface area contributed by atoms with E-state index in [1.165, 1.54) is 33.4 Å². The van der Waals surface area contributed by atoms with Gasteiger partial charge in [-0.15, -0.1) is 0 Å². The van der Waals surface area contributed by atoms with E-state index in [0.29, 0.717) is 0 Å². The van der Waals surface area contributed by atoms with Gasteiger partial charge in [0.05, 0.1) is 12.6 Å². The molecule has 0 aromatic heterocycles. The lowest BCUT2D eigenvalue weighted by atomic mass is 9.86. The summed E-state index contributed by atoms with van der Waals surface area (Å²) in [5, 5.41) is 7.23. The van der Waals surface area contributed by atoms with Gasteiger partial charge in [0.2, 0.25) is 0 Å². The standard InChI is InChI=1S/C33H30F3N2O/c1-21-16-28(39-20-33(34,35)36)11-13-29(21)25-10-12-30-26(17-25)14-15-37-32(30)23-8-6-22(7-9-23)31-18-24-4-2-3-5-27(24)19-38-31/h2-13,16-17,19,31-32,37-38H,14-15,18,20H2,1H3/t31-,32?/m1/s1. The molecular weight excluding hydrogens is 497 g/mol. The molecule has 6 heteroatoms. The number of alkyl halides is 3. The largest absolute Gasteiger partial charge is 0.484 e. The summed E-state index contributed by atoms with van der Waals surface area (Å²) in [6, 6.07) is 29.4. The van der Waals surface area contributed by atoms with Crippen LogP contribution >= 0.6 is 0 Å². The lowest BCUT2D eigenvalue weighted by molar-refractivity contribution is -0.153. The fraction of sp³-hybridized carbons (Fsp3) is 0.242. The van der Waals surface area contributed by atoms with Gasteiger partial charge in [0.1, 0.15) is 5.75 Å². The average Bonchev–Trinajstić information content (AvgIpc) is 2.95. The van der Waals surface area contributed by atoms with Crippen LogP contribution in [0.1, 0.15) is 51.0 Å². The zero-order valence-electron chi connectivity index (χ0n) is 21.7. The van der Waals surface area contributed by atoms with Gasteiger partial charge in [0.25, 0.3) is 0 Å². The predicted molar refractivity (Wildman–Crippen MR) is 148 cm³/mol. The topological polar surface area (TPSA) is 33.3 Å². The number of rotatable bonds is 5. The van der Waals surface area contributed by atoms with Crippen LogP contribution in [0.25, 0.3) is 11.1 Å². The van der Waals surface area contributed by atoms with Crippen molar-refractivity contribution in [3.63, 3.8) is 0 Å². The first kappa shape index (κ1) is 25.7. The Morgan fingerprint density at radius 3 is 2.46 bits per heavy atom. The second-order valence-electron chi connectivity index (χ2n) is 10.4. The zero-order valence-corrected chi connectivity index (χ0v) is 21.7. The van der Waals surface area contributed by atoms with Crippen molar-refractivity contribution in [1.29, 1.82) is 0 Å². The summed E-state index contributed by atoms with van der Waals surface area (Å²) in [5.74, 6) is 0.227. The van der Waals surface area contributed by atoms with Gasteiger partial charge in [-0.2, -0.15) is 13.2 Å². The maximum atomic E-state index is 12.5. The van der Waals surface area contributed by atoms with Crippen LogP contribution in [0.2, 0.25) is 0 Å². The third kappa shape index (κ3) is 5.58. The number of ether oxygens (including phenoxy) is 1. The van der Waals surface area contributed by atoms with Gasteiger partial charge < -0.3 is 15.4 Å². The van der Waals surface area contributed by atoms with Crippen LogP contribution in [0, 0.1) is 13.5 Å². The second-order valence-corrected chi connectivity index (χ2v) is 10.4. The Hall–Kier alpha value is -3.61. The van der Waals surface area contributed by atoms with E-state index in [2.05, 4.69) is 83.9 Å². The molecule has 1 radical (unpaired) electrons.